The molecule has 6 heteroatoms. The molecule has 184 valence electrons. The van der Waals surface area contributed by atoms with E-state index in [4.69, 9.17) is 4.74 Å². The Hall–Kier alpha value is -1.99. The lowest BCUT2D eigenvalue weighted by molar-refractivity contribution is -0.248. The Morgan fingerprint density at radius 3 is 2.83 bits per heavy atom. The van der Waals surface area contributed by atoms with Gasteiger partial charge in [0.15, 0.2) is 0 Å². The van der Waals surface area contributed by atoms with Crippen molar-refractivity contribution in [1.82, 2.24) is 14.9 Å². The predicted octanol–water partition coefficient (Wildman–Crippen LogP) is 3.67. The Morgan fingerprint density at radius 1 is 1.14 bits per heavy atom. The first-order chi connectivity index (χ1) is 16.8. The van der Waals surface area contributed by atoms with Crippen LogP contribution in [-0.4, -0.2) is 68.6 Å². The van der Waals surface area contributed by atoms with Gasteiger partial charge in [0.1, 0.15) is 0 Å². The maximum Gasteiger partial charge on any atom is 0.0961 e. The number of ether oxygens (including phenoxy) is 1. The molecule has 2 saturated carbocycles. The second-order valence-corrected chi connectivity index (χ2v) is 12.8. The van der Waals surface area contributed by atoms with Crippen molar-refractivity contribution >= 4 is 16.6 Å². The Morgan fingerprint density at radius 2 is 2.00 bits per heavy atom. The van der Waals surface area contributed by atoms with Crippen LogP contribution in [0, 0.1) is 22.7 Å². The Bertz CT molecular complexity index is 1330. The van der Waals surface area contributed by atoms with Crippen LogP contribution in [0.4, 0.5) is 0 Å². The number of hydrogen-bond donors (Lipinski definition) is 3. The molecule has 6 nitrogen and oxygen atoms in total. The van der Waals surface area contributed by atoms with E-state index in [2.05, 4.69) is 52.1 Å². The summed E-state index contributed by atoms with van der Waals surface area (Å²) in [4.78, 5) is 9.76. The van der Waals surface area contributed by atoms with E-state index in [9.17, 15) is 10.2 Å². The molecule has 8 rings (SSSR count). The number of aromatic nitrogens is 2. The SMILES string of the molecule is CN(C)[C@H]1C[C@@]23CC[C@@]4(O2)C(=CC[C@]2(C)C(c5ccc6nc[nH]c6c5)=CCC24)C2CC23[C@@H](O)[C@@H]1O. The van der Waals surface area contributed by atoms with Gasteiger partial charge in [0.2, 0.25) is 0 Å². The van der Waals surface area contributed by atoms with Crippen LogP contribution in [0.15, 0.2) is 42.3 Å². The zero-order valence-electron chi connectivity index (χ0n) is 20.8. The van der Waals surface area contributed by atoms with Crippen LogP contribution >= 0.6 is 0 Å². The Kier molecular flexibility index (Phi) is 3.79. The van der Waals surface area contributed by atoms with Gasteiger partial charge >= 0.3 is 0 Å². The smallest absolute Gasteiger partial charge is 0.0961 e. The molecule has 3 unspecified atom stereocenters. The normalized spacial score (nSPS) is 49.3. The van der Waals surface area contributed by atoms with Crippen molar-refractivity contribution in [2.45, 2.75) is 74.9 Å². The van der Waals surface area contributed by atoms with E-state index >= 15 is 0 Å². The summed E-state index contributed by atoms with van der Waals surface area (Å²) in [7, 11) is 4.03. The van der Waals surface area contributed by atoms with Gasteiger partial charge in [0, 0.05) is 22.8 Å². The van der Waals surface area contributed by atoms with Gasteiger partial charge in [-0.2, -0.15) is 0 Å². The van der Waals surface area contributed by atoms with Gasteiger partial charge in [-0.15, -0.1) is 0 Å². The van der Waals surface area contributed by atoms with Crippen LogP contribution in [-0.2, 0) is 4.74 Å². The first kappa shape index (κ1) is 21.1. The molecule has 3 heterocycles. The fraction of sp³-hybridized carbons (Fsp3) is 0.621. The van der Waals surface area contributed by atoms with Crippen molar-refractivity contribution in [3.8, 4) is 0 Å². The number of nitrogens with zero attached hydrogens (tertiary/aromatic N) is 2. The summed E-state index contributed by atoms with van der Waals surface area (Å²) < 4.78 is 7.43. The maximum atomic E-state index is 11.5. The van der Waals surface area contributed by atoms with Gasteiger partial charge in [0.05, 0.1) is 40.8 Å². The quantitative estimate of drug-likeness (QED) is 0.580. The van der Waals surface area contributed by atoms with E-state index in [1.807, 2.05) is 14.1 Å². The highest BCUT2D eigenvalue weighted by molar-refractivity contribution is 5.83. The minimum atomic E-state index is -0.725. The molecule has 2 aliphatic heterocycles. The summed E-state index contributed by atoms with van der Waals surface area (Å²) in [6.45, 7) is 2.45. The summed E-state index contributed by atoms with van der Waals surface area (Å²) in [5.41, 5.74) is 5.39. The molecular formula is C29H35N3O3. The number of aromatic amines is 1. The lowest BCUT2D eigenvalue weighted by atomic mass is 9.57. The number of rotatable bonds is 2. The third-order valence-corrected chi connectivity index (χ3v) is 11.4. The van der Waals surface area contributed by atoms with Crippen LogP contribution in [0.3, 0.4) is 0 Å². The van der Waals surface area contributed by atoms with Gasteiger partial charge in [-0.05, 0) is 87.4 Å². The molecule has 3 N–H and O–H groups in total. The van der Waals surface area contributed by atoms with Crippen molar-refractivity contribution < 1.29 is 14.9 Å². The molecule has 0 amide bonds. The van der Waals surface area contributed by atoms with E-state index in [1.165, 1.54) is 16.7 Å². The highest BCUT2D eigenvalue weighted by atomic mass is 16.5. The number of imidazole rings is 1. The van der Waals surface area contributed by atoms with Crippen molar-refractivity contribution in [2.75, 3.05) is 14.1 Å². The van der Waals surface area contributed by atoms with E-state index < -0.39 is 12.2 Å². The summed E-state index contributed by atoms with van der Waals surface area (Å²) >= 11 is 0. The van der Waals surface area contributed by atoms with Gasteiger partial charge in [-0.3, -0.25) is 0 Å². The number of aliphatic hydroxyl groups is 2. The van der Waals surface area contributed by atoms with Gasteiger partial charge in [-0.1, -0.05) is 25.1 Å². The Labute approximate surface area is 206 Å². The standard InChI is InChI=1S/C29H35N3O3/c1-26-9-8-18-19-13-28(19)25(34)24(33)22(32(2)3)14-27(28)10-11-29(18,35-27)23(26)7-5-17(26)16-4-6-20-21(12-16)31-15-30-20/h4-6,8,12,15,19,22-25,33-34H,7,9-11,13-14H2,1-3H3,(H,30,31)/t19?,22-,23?,24+,25-,26+,27+,28?,29+/m0/s1. The second-order valence-electron chi connectivity index (χ2n) is 12.8. The van der Waals surface area contributed by atoms with E-state index in [0.29, 0.717) is 11.8 Å². The number of benzene rings is 1. The monoisotopic (exact) mass is 473 g/mol. The molecule has 0 radical (unpaired) electrons. The molecule has 2 bridgehead atoms. The zero-order valence-corrected chi connectivity index (χ0v) is 20.8. The van der Waals surface area contributed by atoms with Crippen LogP contribution in [0.25, 0.3) is 16.6 Å². The number of H-pyrrole nitrogens is 1. The molecule has 4 aliphatic carbocycles. The summed E-state index contributed by atoms with van der Waals surface area (Å²) in [6.07, 6.45) is 11.1. The third-order valence-electron chi connectivity index (χ3n) is 11.4. The highest BCUT2D eigenvalue weighted by Crippen LogP contribution is 2.81. The number of nitrogens with one attached hydrogen (secondary N) is 1. The van der Waals surface area contributed by atoms with Crippen LogP contribution in [0.5, 0.6) is 0 Å². The molecular weight excluding hydrogens is 438 g/mol. The van der Waals surface area contributed by atoms with Crippen LogP contribution in [0.2, 0.25) is 0 Å². The molecule has 2 saturated heterocycles. The lowest BCUT2D eigenvalue weighted by Crippen LogP contribution is -2.67. The molecule has 9 atom stereocenters. The topological polar surface area (TPSA) is 81.6 Å². The van der Waals surface area contributed by atoms with Gasteiger partial charge in [-0.25, -0.2) is 4.98 Å². The molecule has 4 fully saturated rings. The zero-order chi connectivity index (χ0) is 24.0. The van der Waals surface area contributed by atoms with Crippen LogP contribution in [0.1, 0.15) is 51.0 Å². The number of fused-ring (bicyclic) bond motifs is 3. The van der Waals surface area contributed by atoms with Crippen molar-refractivity contribution in [3.05, 3.63) is 47.8 Å². The number of likely N-dealkylation sites (N-methyl/N-ethyl adjacent to an activating group) is 1. The first-order valence-electron chi connectivity index (χ1n) is 13.3. The summed E-state index contributed by atoms with van der Waals surface area (Å²) in [5.74, 6) is 0.753. The van der Waals surface area contributed by atoms with E-state index in [1.54, 1.807) is 6.33 Å². The molecule has 6 aliphatic rings. The van der Waals surface area contributed by atoms with Gasteiger partial charge in [0.25, 0.3) is 0 Å². The maximum absolute atomic E-state index is 11.5. The van der Waals surface area contributed by atoms with Gasteiger partial charge < -0.3 is 24.8 Å². The largest absolute Gasteiger partial charge is 0.390 e. The average Bonchev–Trinajstić information content (AvgIpc) is 3.11. The number of aliphatic hydroxyl groups excluding tert-OH is 2. The molecule has 1 aromatic carbocycles. The fourth-order valence-corrected chi connectivity index (χ4v) is 9.73. The fourth-order valence-electron chi connectivity index (χ4n) is 9.73. The van der Waals surface area contributed by atoms with E-state index in [-0.39, 0.29) is 28.1 Å². The third kappa shape index (κ3) is 2.22. The minimum absolute atomic E-state index is 0.0192. The first-order valence-corrected chi connectivity index (χ1v) is 13.3. The second kappa shape index (κ2) is 6.28. The predicted molar refractivity (Wildman–Crippen MR) is 133 cm³/mol. The van der Waals surface area contributed by atoms with E-state index in [0.717, 1.165) is 49.6 Å². The van der Waals surface area contributed by atoms with Crippen LogP contribution < -0.4 is 0 Å². The van der Waals surface area contributed by atoms with Crippen molar-refractivity contribution in [2.24, 2.45) is 22.7 Å². The summed E-state index contributed by atoms with van der Waals surface area (Å²) in [5, 5.41) is 22.6. The lowest BCUT2D eigenvalue weighted by Gasteiger charge is -2.59. The van der Waals surface area contributed by atoms with Crippen molar-refractivity contribution in [3.63, 3.8) is 0 Å². The molecule has 2 aromatic rings. The Balaban J connectivity index is 1.22. The number of allylic oxidation sites excluding steroid dienone is 3. The molecule has 3 spiro atoms. The summed E-state index contributed by atoms with van der Waals surface area (Å²) in [6, 6.07) is 6.52. The minimum Gasteiger partial charge on any atom is -0.390 e. The highest BCUT2D eigenvalue weighted by Gasteiger charge is 2.84. The molecule has 1 aromatic heterocycles. The average molecular weight is 474 g/mol. The van der Waals surface area contributed by atoms with Crippen molar-refractivity contribution in [1.29, 1.82) is 0 Å². The molecule has 35 heavy (non-hydrogen) atoms. The number of hydrogen-bond acceptors (Lipinski definition) is 5.